The maximum atomic E-state index is 12.9. The zero-order valence-corrected chi connectivity index (χ0v) is 16.6. The molecule has 1 aromatic carbocycles. The van der Waals surface area contributed by atoms with Crippen molar-refractivity contribution in [3.05, 3.63) is 29.3 Å². The number of rotatable bonds is 4. The molecule has 1 atom stereocenters. The fourth-order valence-electron chi connectivity index (χ4n) is 3.97. The number of nitrogens with zero attached hydrogens (tertiary/aromatic N) is 1. The largest absolute Gasteiger partial charge is 0.416 e. The van der Waals surface area contributed by atoms with Crippen LogP contribution in [0, 0.1) is 5.92 Å². The Morgan fingerprint density at radius 3 is 2.03 bits per heavy atom. The molecule has 1 aromatic rings. The molecule has 172 valence electrons. The highest BCUT2D eigenvalue weighted by Crippen LogP contribution is 2.37. The Balaban J connectivity index is 1.58. The molecule has 5 nitrogen and oxygen atoms in total. The molecule has 3 rings (SSSR count). The monoisotopic (exact) mass is 451 g/mol. The molecule has 2 saturated heterocycles. The van der Waals surface area contributed by atoms with Gasteiger partial charge in [-0.2, -0.15) is 26.3 Å². The van der Waals surface area contributed by atoms with Gasteiger partial charge in [0.05, 0.1) is 17.2 Å². The van der Waals surface area contributed by atoms with Crippen molar-refractivity contribution in [2.45, 2.75) is 50.5 Å². The Bertz CT molecular complexity index is 778. The van der Waals surface area contributed by atoms with Crippen molar-refractivity contribution in [2.24, 2.45) is 5.92 Å². The molecule has 11 heteroatoms. The fourth-order valence-corrected chi connectivity index (χ4v) is 3.97. The van der Waals surface area contributed by atoms with Crippen molar-refractivity contribution in [1.29, 1.82) is 0 Å². The second-order valence-electron chi connectivity index (χ2n) is 7.96. The van der Waals surface area contributed by atoms with Crippen LogP contribution in [0.15, 0.2) is 18.2 Å². The van der Waals surface area contributed by atoms with Crippen LogP contribution in [0.25, 0.3) is 0 Å². The van der Waals surface area contributed by atoms with Crippen molar-refractivity contribution in [1.82, 2.24) is 10.2 Å². The quantitative estimate of drug-likeness (QED) is 0.680. The zero-order valence-electron chi connectivity index (χ0n) is 16.6. The van der Waals surface area contributed by atoms with E-state index in [2.05, 4.69) is 10.6 Å². The van der Waals surface area contributed by atoms with E-state index in [0.717, 1.165) is 19.4 Å². The second-order valence-corrected chi connectivity index (χ2v) is 7.96. The maximum Gasteiger partial charge on any atom is 0.416 e. The first-order chi connectivity index (χ1) is 14.4. The fraction of sp³-hybridized carbons (Fsp3) is 0.600. The van der Waals surface area contributed by atoms with Crippen molar-refractivity contribution in [3.8, 4) is 0 Å². The maximum absolute atomic E-state index is 12.9. The van der Waals surface area contributed by atoms with E-state index in [-0.39, 0.29) is 30.4 Å². The lowest BCUT2D eigenvalue weighted by Gasteiger charge is -2.33. The number of hydrogen-bond donors (Lipinski definition) is 2. The van der Waals surface area contributed by atoms with Gasteiger partial charge in [0.1, 0.15) is 0 Å². The molecule has 31 heavy (non-hydrogen) atoms. The van der Waals surface area contributed by atoms with Crippen LogP contribution in [0.4, 0.5) is 32.0 Å². The third-order valence-electron chi connectivity index (χ3n) is 5.63. The molecule has 0 aliphatic carbocycles. The number of carbonyl (C=O) groups excluding carboxylic acids is 2. The van der Waals surface area contributed by atoms with Gasteiger partial charge in [0.2, 0.25) is 11.8 Å². The third-order valence-corrected chi connectivity index (χ3v) is 5.63. The number of alkyl halides is 6. The van der Waals surface area contributed by atoms with Gasteiger partial charge in [-0.15, -0.1) is 0 Å². The molecule has 0 aromatic heterocycles. The number of nitrogens with one attached hydrogen (secondary N) is 2. The predicted molar refractivity (Wildman–Crippen MR) is 100 cm³/mol. The number of likely N-dealkylation sites (tertiary alicyclic amines) is 1. The van der Waals surface area contributed by atoms with Crippen LogP contribution >= 0.6 is 0 Å². The Kier molecular flexibility index (Phi) is 6.82. The number of piperidine rings is 1. The summed E-state index contributed by atoms with van der Waals surface area (Å²) in [5, 5.41) is 5.30. The van der Waals surface area contributed by atoms with E-state index in [1.807, 2.05) is 0 Å². The van der Waals surface area contributed by atoms with E-state index in [9.17, 15) is 35.9 Å². The highest BCUT2D eigenvalue weighted by molar-refractivity contribution is 5.91. The first kappa shape index (κ1) is 23.4. The molecule has 0 bridgehead atoms. The molecular weight excluding hydrogens is 428 g/mol. The molecule has 0 saturated carbocycles. The van der Waals surface area contributed by atoms with Crippen LogP contribution in [0.2, 0.25) is 0 Å². The van der Waals surface area contributed by atoms with Crippen molar-refractivity contribution in [2.75, 3.05) is 25.0 Å². The Labute approximate surface area is 175 Å². The summed E-state index contributed by atoms with van der Waals surface area (Å²) in [5.41, 5.74) is -3.51. The van der Waals surface area contributed by atoms with E-state index >= 15 is 0 Å². The summed E-state index contributed by atoms with van der Waals surface area (Å²) in [7, 11) is 0. The van der Waals surface area contributed by atoms with Gasteiger partial charge in [-0.05, 0) is 56.3 Å². The summed E-state index contributed by atoms with van der Waals surface area (Å²) in [6.45, 7) is 1.74. The van der Waals surface area contributed by atoms with Gasteiger partial charge in [-0.25, -0.2) is 0 Å². The highest BCUT2D eigenvalue weighted by atomic mass is 19.4. The lowest BCUT2D eigenvalue weighted by Crippen LogP contribution is -2.47. The number of amides is 2. The third kappa shape index (κ3) is 6.11. The number of hydrogen-bond acceptors (Lipinski definition) is 3. The van der Waals surface area contributed by atoms with Gasteiger partial charge in [0, 0.05) is 25.2 Å². The van der Waals surface area contributed by atoms with Crippen LogP contribution in [-0.2, 0) is 21.9 Å². The molecule has 2 aliphatic rings. The average Bonchev–Trinajstić information content (AvgIpc) is 3.21. The zero-order chi connectivity index (χ0) is 22.8. The van der Waals surface area contributed by atoms with Crippen LogP contribution in [0.5, 0.6) is 0 Å². The van der Waals surface area contributed by atoms with Crippen molar-refractivity contribution < 1.29 is 35.9 Å². The Morgan fingerprint density at radius 1 is 0.968 bits per heavy atom. The molecule has 0 radical (unpaired) electrons. The summed E-state index contributed by atoms with van der Waals surface area (Å²) in [4.78, 5) is 26.4. The van der Waals surface area contributed by atoms with E-state index in [4.69, 9.17) is 0 Å². The Hall–Kier alpha value is -2.30. The Morgan fingerprint density at radius 2 is 1.55 bits per heavy atom. The lowest BCUT2D eigenvalue weighted by atomic mass is 9.92. The molecular formula is C20H23F6N3O2. The van der Waals surface area contributed by atoms with Gasteiger partial charge in [-0.3, -0.25) is 9.59 Å². The summed E-state index contributed by atoms with van der Waals surface area (Å²) >= 11 is 0. The van der Waals surface area contributed by atoms with Crippen LogP contribution in [0.3, 0.4) is 0 Å². The van der Waals surface area contributed by atoms with Crippen LogP contribution < -0.4 is 10.6 Å². The highest BCUT2D eigenvalue weighted by Gasteiger charge is 2.37. The molecule has 0 spiro atoms. The number of anilines is 1. The average molecular weight is 451 g/mol. The number of carbonyl (C=O) groups is 2. The van der Waals surface area contributed by atoms with Crippen LogP contribution in [-0.4, -0.2) is 42.4 Å². The minimum Gasteiger partial charge on any atom is -0.341 e. The van der Waals surface area contributed by atoms with Gasteiger partial charge in [-0.1, -0.05) is 0 Å². The van der Waals surface area contributed by atoms with E-state index in [1.165, 1.54) is 0 Å². The second kappa shape index (κ2) is 9.05. The summed E-state index contributed by atoms with van der Waals surface area (Å²) in [6, 6.07) is 0.816. The summed E-state index contributed by atoms with van der Waals surface area (Å²) < 4.78 is 77.7. The molecule has 1 unspecified atom stereocenters. The summed E-state index contributed by atoms with van der Waals surface area (Å²) in [6.07, 6.45) is -7.18. The van der Waals surface area contributed by atoms with Gasteiger partial charge in [0.25, 0.3) is 0 Å². The van der Waals surface area contributed by atoms with E-state index < -0.39 is 35.1 Å². The van der Waals surface area contributed by atoms with Crippen LogP contribution in [0.1, 0.15) is 43.2 Å². The van der Waals surface area contributed by atoms with Gasteiger partial charge >= 0.3 is 12.4 Å². The standard InChI is InChI=1S/C20H23F6N3O2/c21-19(22,23)13-9-14(20(24,25)26)11-15(10-13)28-17(30)8-12-3-6-29(7-4-12)18(31)16-2-1-5-27-16/h9-12,16,27H,1-8H2,(H,28,30). The summed E-state index contributed by atoms with van der Waals surface area (Å²) in [5.74, 6) is -0.729. The smallest absolute Gasteiger partial charge is 0.341 e. The number of benzene rings is 1. The van der Waals surface area contributed by atoms with Gasteiger partial charge in [0.15, 0.2) is 0 Å². The first-order valence-electron chi connectivity index (χ1n) is 10.0. The lowest BCUT2D eigenvalue weighted by molar-refractivity contribution is -0.143. The normalized spacial score (nSPS) is 20.7. The predicted octanol–water partition coefficient (Wildman–Crippen LogP) is 4.04. The molecule has 2 amide bonds. The van der Waals surface area contributed by atoms with Crippen molar-refractivity contribution in [3.63, 3.8) is 0 Å². The molecule has 2 heterocycles. The number of halogens is 6. The van der Waals surface area contributed by atoms with E-state index in [1.54, 1.807) is 4.90 Å². The SMILES string of the molecule is O=C(CC1CCN(C(=O)C2CCCN2)CC1)Nc1cc(C(F)(F)F)cc(C(F)(F)F)c1. The molecule has 2 aliphatic heterocycles. The van der Waals surface area contributed by atoms with Gasteiger partial charge < -0.3 is 15.5 Å². The minimum atomic E-state index is -4.98. The molecule has 2 fully saturated rings. The first-order valence-corrected chi connectivity index (χ1v) is 10.0. The van der Waals surface area contributed by atoms with E-state index in [0.29, 0.717) is 38.1 Å². The topological polar surface area (TPSA) is 61.4 Å². The minimum absolute atomic E-state index is 0.0155. The van der Waals surface area contributed by atoms with Crippen molar-refractivity contribution >= 4 is 17.5 Å². The molecule has 2 N–H and O–H groups in total.